The van der Waals surface area contributed by atoms with Crippen LogP contribution in [0.2, 0.25) is 5.02 Å². The molecule has 1 aliphatic heterocycles. The van der Waals surface area contributed by atoms with Gasteiger partial charge in [0.05, 0.1) is 5.69 Å². The maximum atomic E-state index is 6.14. The summed E-state index contributed by atoms with van der Waals surface area (Å²) in [5.41, 5.74) is 9.48. The fraction of sp³-hybridized carbons (Fsp3) is 0.286. The minimum absolute atomic E-state index is 0.677. The molecule has 0 atom stereocenters. The first-order valence-corrected chi connectivity index (χ1v) is 11.6. The molecular formula is C28H29ClN2. The van der Waals surface area contributed by atoms with Crippen LogP contribution in [0.25, 0.3) is 22.2 Å². The molecule has 0 saturated carbocycles. The SMILES string of the molecule is Cc1cccc(C)c1C1CCN(Cc2c(-c3ccc(Cl)cc3)[nH]c3ccccc23)CC1. The second kappa shape index (κ2) is 8.53. The molecule has 0 amide bonds. The van der Waals surface area contributed by atoms with Crippen LogP contribution in [0.15, 0.2) is 66.7 Å². The molecule has 2 heterocycles. The van der Waals surface area contributed by atoms with Gasteiger partial charge in [-0.1, -0.05) is 60.1 Å². The number of aryl methyl sites for hydroxylation is 2. The largest absolute Gasteiger partial charge is 0.354 e. The molecular weight excluding hydrogens is 400 g/mol. The molecule has 0 unspecified atom stereocenters. The number of nitrogens with zero attached hydrogens (tertiary/aromatic N) is 1. The predicted octanol–water partition coefficient (Wildman–Crippen LogP) is 7.48. The molecule has 158 valence electrons. The highest BCUT2D eigenvalue weighted by molar-refractivity contribution is 6.30. The Bertz CT molecular complexity index is 1180. The van der Waals surface area contributed by atoms with Crippen molar-refractivity contribution in [1.29, 1.82) is 0 Å². The van der Waals surface area contributed by atoms with Crippen molar-refractivity contribution in [3.05, 3.63) is 94.0 Å². The average Bonchev–Trinajstić information content (AvgIpc) is 3.14. The molecule has 1 aliphatic rings. The number of hydrogen-bond donors (Lipinski definition) is 1. The molecule has 1 fully saturated rings. The maximum absolute atomic E-state index is 6.14. The molecule has 31 heavy (non-hydrogen) atoms. The third-order valence-electron chi connectivity index (χ3n) is 6.87. The molecule has 1 N–H and O–H groups in total. The van der Waals surface area contributed by atoms with Gasteiger partial charge in [-0.15, -0.1) is 0 Å². The lowest BCUT2D eigenvalue weighted by molar-refractivity contribution is 0.205. The minimum Gasteiger partial charge on any atom is -0.354 e. The molecule has 3 heteroatoms. The lowest BCUT2D eigenvalue weighted by Crippen LogP contribution is -2.33. The van der Waals surface area contributed by atoms with Crippen molar-refractivity contribution in [2.45, 2.75) is 39.2 Å². The van der Waals surface area contributed by atoms with Crippen LogP contribution in [-0.2, 0) is 6.54 Å². The van der Waals surface area contributed by atoms with Gasteiger partial charge in [-0.3, -0.25) is 4.90 Å². The maximum Gasteiger partial charge on any atom is 0.0510 e. The third-order valence-corrected chi connectivity index (χ3v) is 7.12. The van der Waals surface area contributed by atoms with Crippen LogP contribution in [0.3, 0.4) is 0 Å². The highest BCUT2D eigenvalue weighted by atomic mass is 35.5. The van der Waals surface area contributed by atoms with Crippen LogP contribution in [0.4, 0.5) is 0 Å². The van der Waals surface area contributed by atoms with E-state index in [4.69, 9.17) is 11.6 Å². The molecule has 0 radical (unpaired) electrons. The Kier molecular flexibility index (Phi) is 5.60. The Balaban J connectivity index is 1.40. The van der Waals surface area contributed by atoms with E-state index in [1.165, 1.54) is 51.7 Å². The first kappa shape index (κ1) is 20.4. The molecule has 2 nitrogen and oxygen atoms in total. The van der Waals surface area contributed by atoms with Crippen molar-refractivity contribution >= 4 is 22.5 Å². The summed E-state index contributed by atoms with van der Waals surface area (Å²) in [6, 6.07) is 23.5. The van der Waals surface area contributed by atoms with Gasteiger partial charge in [-0.05, 0) is 91.7 Å². The molecule has 1 aromatic heterocycles. The van der Waals surface area contributed by atoms with E-state index in [1.807, 2.05) is 12.1 Å². The second-order valence-corrected chi connectivity index (χ2v) is 9.32. The molecule has 0 bridgehead atoms. The Morgan fingerprint density at radius 3 is 2.26 bits per heavy atom. The zero-order chi connectivity index (χ0) is 21.4. The smallest absolute Gasteiger partial charge is 0.0510 e. The van der Waals surface area contributed by atoms with Crippen molar-refractivity contribution in [2.24, 2.45) is 0 Å². The number of aromatic nitrogens is 1. The van der Waals surface area contributed by atoms with Gasteiger partial charge in [-0.25, -0.2) is 0 Å². The summed E-state index contributed by atoms with van der Waals surface area (Å²) in [4.78, 5) is 6.29. The molecule has 0 aliphatic carbocycles. The Morgan fingerprint density at radius 2 is 1.55 bits per heavy atom. The van der Waals surface area contributed by atoms with Gasteiger partial charge in [0, 0.05) is 22.5 Å². The van der Waals surface area contributed by atoms with E-state index >= 15 is 0 Å². The van der Waals surface area contributed by atoms with Gasteiger partial charge in [0.25, 0.3) is 0 Å². The van der Waals surface area contributed by atoms with Crippen molar-refractivity contribution in [3.8, 4) is 11.3 Å². The Labute approximate surface area is 189 Å². The van der Waals surface area contributed by atoms with E-state index < -0.39 is 0 Å². The van der Waals surface area contributed by atoms with Crippen molar-refractivity contribution in [3.63, 3.8) is 0 Å². The minimum atomic E-state index is 0.677. The van der Waals surface area contributed by atoms with Crippen molar-refractivity contribution in [1.82, 2.24) is 9.88 Å². The molecule has 1 saturated heterocycles. The predicted molar refractivity (Wildman–Crippen MR) is 132 cm³/mol. The Hall–Kier alpha value is -2.55. The number of halogens is 1. The van der Waals surface area contributed by atoms with Crippen LogP contribution < -0.4 is 0 Å². The number of para-hydroxylation sites is 1. The number of nitrogens with one attached hydrogen (secondary N) is 1. The lowest BCUT2D eigenvalue weighted by Gasteiger charge is -2.33. The zero-order valence-electron chi connectivity index (χ0n) is 18.3. The zero-order valence-corrected chi connectivity index (χ0v) is 19.0. The van der Waals surface area contributed by atoms with Crippen LogP contribution >= 0.6 is 11.6 Å². The van der Waals surface area contributed by atoms with E-state index in [1.54, 1.807) is 5.56 Å². The summed E-state index contributed by atoms with van der Waals surface area (Å²) in [5, 5.41) is 2.10. The van der Waals surface area contributed by atoms with Gasteiger partial charge in [-0.2, -0.15) is 0 Å². The van der Waals surface area contributed by atoms with Crippen LogP contribution in [-0.4, -0.2) is 23.0 Å². The number of H-pyrrole nitrogens is 1. The molecule has 5 rings (SSSR count). The Morgan fingerprint density at radius 1 is 0.871 bits per heavy atom. The highest BCUT2D eigenvalue weighted by Gasteiger charge is 2.24. The van der Waals surface area contributed by atoms with Crippen LogP contribution in [0.5, 0.6) is 0 Å². The highest BCUT2D eigenvalue weighted by Crippen LogP contribution is 2.36. The third kappa shape index (κ3) is 4.03. The standard InChI is InChI=1S/C28H29ClN2/c1-19-6-5-7-20(2)27(19)21-14-16-31(17-15-21)18-25-24-8-3-4-9-26(24)30-28(25)22-10-12-23(29)13-11-22/h3-13,21,30H,14-18H2,1-2H3. The topological polar surface area (TPSA) is 19.0 Å². The van der Waals surface area contributed by atoms with Gasteiger partial charge in [0.15, 0.2) is 0 Å². The number of fused-ring (bicyclic) bond motifs is 1. The summed E-state index contributed by atoms with van der Waals surface area (Å²) >= 11 is 6.14. The quantitative estimate of drug-likeness (QED) is 0.356. The number of benzene rings is 3. The van der Waals surface area contributed by atoms with Gasteiger partial charge >= 0.3 is 0 Å². The normalized spacial score (nSPS) is 15.6. The summed E-state index contributed by atoms with van der Waals surface area (Å²) < 4.78 is 0. The fourth-order valence-corrected chi connectivity index (χ4v) is 5.43. The van der Waals surface area contributed by atoms with Crippen LogP contribution in [0.1, 0.15) is 41.0 Å². The monoisotopic (exact) mass is 428 g/mol. The van der Waals surface area contributed by atoms with Gasteiger partial charge in [0.1, 0.15) is 0 Å². The number of rotatable bonds is 4. The summed E-state index contributed by atoms with van der Waals surface area (Å²) in [6.45, 7) is 7.77. The summed E-state index contributed by atoms with van der Waals surface area (Å²) in [7, 11) is 0. The number of piperidine rings is 1. The van der Waals surface area contributed by atoms with Crippen LogP contribution in [0, 0.1) is 13.8 Å². The number of aromatic amines is 1. The summed E-state index contributed by atoms with van der Waals surface area (Å²) in [6.07, 6.45) is 2.45. The first-order chi connectivity index (χ1) is 15.1. The van der Waals surface area contributed by atoms with Crippen molar-refractivity contribution in [2.75, 3.05) is 13.1 Å². The second-order valence-electron chi connectivity index (χ2n) is 8.89. The van der Waals surface area contributed by atoms with E-state index in [-0.39, 0.29) is 0 Å². The average molecular weight is 429 g/mol. The van der Waals surface area contributed by atoms with E-state index in [2.05, 4.69) is 78.3 Å². The molecule has 0 spiro atoms. The van der Waals surface area contributed by atoms with E-state index in [0.717, 1.165) is 24.7 Å². The van der Waals surface area contributed by atoms with E-state index in [0.29, 0.717) is 5.92 Å². The molecule has 4 aromatic rings. The molecule has 3 aromatic carbocycles. The van der Waals surface area contributed by atoms with Gasteiger partial charge in [0.2, 0.25) is 0 Å². The first-order valence-electron chi connectivity index (χ1n) is 11.2. The lowest BCUT2D eigenvalue weighted by atomic mass is 9.84. The number of hydrogen-bond acceptors (Lipinski definition) is 1. The van der Waals surface area contributed by atoms with Crippen molar-refractivity contribution < 1.29 is 0 Å². The van der Waals surface area contributed by atoms with Gasteiger partial charge < -0.3 is 4.98 Å². The number of likely N-dealkylation sites (tertiary alicyclic amines) is 1. The van der Waals surface area contributed by atoms with E-state index in [9.17, 15) is 0 Å². The fourth-order valence-electron chi connectivity index (χ4n) is 5.30. The summed E-state index contributed by atoms with van der Waals surface area (Å²) in [5.74, 6) is 0.677.